The molecule has 0 bridgehead atoms. The molecule has 0 spiro atoms. The van der Waals surface area contributed by atoms with Gasteiger partial charge in [-0.3, -0.25) is 14.5 Å². The zero-order valence-corrected chi connectivity index (χ0v) is 10.4. The molecule has 0 aromatic rings. The molecule has 2 fully saturated rings. The minimum absolute atomic E-state index is 0.0910. The van der Waals surface area contributed by atoms with Crippen LogP contribution in [0.15, 0.2) is 0 Å². The number of likely N-dealkylation sites (N-methyl/N-ethyl adjacent to an activating group) is 1. The van der Waals surface area contributed by atoms with Gasteiger partial charge in [0.2, 0.25) is 11.8 Å². The van der Waals surface area contributed by atoms with Gasteiger partial charge in [-0.1, -0.05) is 0 Å². The van der Waals surface area contributed by atoms with Crippen LogP contribution in [0.1, 0.15) is 26.2 Å². The molecule has 2 heterocycles. The summed E-state index contributed by atoms with van der Waals surface area (Å²) >= 11 is 0. The third-order valence-corrected chi connectivity index (χ3v) is 3.82. The molecule has 1 N–H and O–H groups in total. The Bertz CT molecular complexity index is 313. The fourth-order valence-corrected chi connectivity index (χ4v) is 2.55. The van der Waals surface area contributed by atoms with Crippen molar-refractivity contribution in [1.29, 1.82) is 0 Å². The number of hydrogen-bond donors (Lipinski definition) is 1. The number of amides is 2. The van der Waals surface area contributed by atoms with Crippen molar-refractivity contribution in [2.24, 2.45) is 5.92 Å². The van der Waals surface area contributed by atoms with E-state index in [-0.39, 0.29) is 23.9 Å². The summed E-state index contributed by atoms with van der Waals surface area (Å²) in [5, 5.41) is 3.29. The minimum Gasteiger partial charge on any atom is -0.381 e. The van der Waals surface area contributed by atoms with Gasteiger partial charge in [0.1, 0.15) is 0 Å². The molecule has 2 aliphatic heterocycles. The summed E-state index contributed by atoms with van der Waals surface area (Å²) in [6.45, 7) is 3.69. The molecule has 96 valence electrons. The van der Waals surface area contributed by atoms with Crippen LogP contribution >= 0.6 is 0 Å². The van der Waals surface area contributed by atoms with Crippen LogP contribution in [0.3, 0.4) is 0 Å². The first-order chi connectivity index (χ1) is 8.09. The van der Waals surface area contributed by atoms with E-state index in [9.17, 15) is 9.59 Å². The lowest BCUT2D eigenvalue weighted by molar-refractivity contribution is -0.137. The number of carbonyl (C=O) groups excluding carboxylic acids is 2. The molecule has 0 aromatic heterocycles. The Labute approximate surface area is 101 Å². The lowest BCUT2D eigenvalue weighted by atomic mass is 9.92. The Kier molecular flexibility index (Phi) is 3.79. The highest BCUT2D eigenvalue weighted by atomic mass is 16.5. The zero-order valence-electron chi connectivity index (χ0n) is 10.4. The molecule has 5 heteroatoms. The van der Waals surface area contributed by atoms with Crippen LogP contribution in [0.25, 0.3) is 0 Å². The molecular weight excluding hydrogens is 220 g/mol. The Hall–Kier alpha value is -0.940. The normalized spacial score (nSPS) is 28.8. The molecule has 2 saturated heterocycles. The summed E-state index contributed by atoms with van der Waals surface area (Å²) in [4.78, 5) is 24.4. The van der Waals surface area contributed by atoms with Crippen molar-refractivity contribution in [3.8, 4) is 0 Å². The molecule has 2 atom stereocenters. The summed E-state index contributed by atoms with van der Waals surface area (Å²) in [5.41, 5.74) is 0. The Morgan fingerprint density at radius 3 is 2.53 bits per heavy atom. The maximum atomic E-state index is 11.8. The number of carbonyl (C=O) groups is 2. The molecule has 0 aromatic carbocycles. The maximum absolute atomic E-state index is 11.8. The van der Waals surface area contributed by atoms with Crippen LogP contribution in [-0.2, 0) is 14.3 Å². The third kappa shape index (κ3) is 2.66. The van der Waals surface area contributed by atoms with Gasteiger partial charge >= 0.3 is 0 Å². The van der Waals surface area contributed by atoms with Crippen molar-refractivity contribution in [2.75, 3.05) is 20.3 Å². The largest absolute Gasteiger partial charge is 0.381 e. The van der Waals surface area contributed by atoms with Gasteiger partial charge in [-0.05, 0) is 25.7 Å². The standard InChI is InChI=1S/C12H20N2O3/c1-8(9-3-5-17-6-4-9)13-10-7-11(15)14(2)12(10)16/h8-10,13H,3-7H2,1-2H3. The van der Waals surface area contributed by atoms with E-state index in [1.807, 2.05) is 0 Å². The van der Waals surface area contributed by atoms with Crippen molar-refractivity contribution in [1.82, 2.24) is 10.2 Å². The van der Waals surface area contributed by atoms with Gasteiger partial charge in [0.05, 0.1) is 12.5 Å². The second-order valence-corrected chi connectivity index (χ2v) is 4.95. The summed E-state index contributed by atoms with van der Waals surface area (Å²) < 4.78 is 5.32. The van der Waals surface area contributed by atoms with E-state index >= 15 is 0 Å². The van der Waals surface area contributed by atoms with E-state index in [4.69, 9.17) is 4.74 Å². The SMILES string of the molecule is CC(NC1CC(=O)N(C)C1=O)C1CCOCC1. The Balaban J connectivity index is 1.88. The second-order valence-electron chi connectivity index (χ2n) is 4.95. The van der Waals surface area contributed by atoms with Gasteiger partial charge in [0.25, 0.3) is 0 Å². The maximum Gasteiger partial charge on any atom is 0.246 e. The predicted molar refractivity (Wildman–Crippen MR) is 62.3 cm³/mol. The molecule has 5 nitrogen and oxygen atoms in total. The number of rotatable bonds is 3. The third-order valence-electron chi connectivity index (χ3n) is 3.82. The van der Waals surface area contributed by atoms with Crippen molar-refractivity contribution < 1.29 is 14.3 Å². The molecule has 17 heavy (non-hydrogen) atoms. The smallest absolute Gasteiger partial charge is 0.246 e. The van der Waals surface area contributed by atoms with E-state index in [2.05, 4.69) is 12.2 Å². The monoisotopic (exact) mass is 240 g/mol. The summed E-state index contributed by atoms with van der Waals surface area (Å²) in [6.07, 6.45) is 2.35. The predicted octanol–water partition coefficient (Wildman–Crippen LogP) is 0.148. The summed E-state index contributed by atoms with van der Waals surface area (Å²) in [6, 6.07) is -0.0718. The molecule has 2 unspecified atom stereocenters. The zero-order chi connectivity index (χ0) is 12.4. The average molecular weight is 240 g/mol. The van der Waals surface area contributed by atoms with Gasteiger partial charge in [-0.25, -0.2) is 0 Å². The Morgan fingerprint density at radius 1 is 1.35 bits per heavy atom. The first-order valence-electron chi connectivity index (χ1n) is 6.24. The molecule has 2 aliphatic rings. The first kappa shape index (κ1) is 12.5. The van der Waals surface area contributed by atoms with Gasteiger partial charge in [0.15, 0.2) is 0 Å². The van der Waals surface area contributed by atoms with E-state index in [1.165, 1.54) is 4.90 Å². The fourth-order valence-electron chi connectivity index (χ4n) is 2.55. The van der Waals surface area contributed by atoms with Crippen molar-refractivity contribution in [3.05, 3.63) is 0 Å². The number of likely N-dealkylation sites (tertiary alicyclic amines) is 1. The van der Waals surface area contributed by atoms with E-state index < -0.39 is 0 Å². The molecule has 2 rings (SSSR count). The molecule has 0 radical (unpaired) electrons. The highest BCUT2D eigenvalue weighted by Gasteiger charge is 2.37. The second kappa shape index (κ2) is 5.14. The van der Waals surface area contributed by atoms with Gasteiger partial charge in [-0.15, -0.1) is 0 Å². The van der Waals surface area contributed by atoms with Crippen molar-refractivity contribution >= 4 is 11.8 Å². The first-order valence-corrected chi connectivity index (χ1v) is 6.24. The van der Waals surface area contributed by atoms with Crippen molar-refractivity contribution in [2.45, 2.75) is 38.3 Å². The molecular formula is C12H20N2O3. The fraction of sp³-hybridized carbons (Fsp3) is 0.833. The minimum atomic E-state index is -0.328. The number of nitrogens with zero attached hydrogens (tertiary/aromatic N) is 1. The van der Waals surface area contributed by atoms with Crippen LogP contribution in [0, 0.1) is 5.92 Å². The van der Waals surface area contributed by atoms with Gasteiger partial charge in [-0.2, -0.15) is 0 Å². The van der Waals surface area contributed by atoms with Crippen LogP contribution < -0.4 is 5.32 Å². The lowest BCUT2D eigenvalue weighted by Gasteiger charge is -2.29. The van der Waals surface area contributed by atoms with Gasteiger partial charge in [0, 0.05) is 26.3 Å². The van der Waals surface area contributed by atoms with Crippen LogP contribution in [0.4, 0.5) is 0 Å². The van der Waals surface area contributed by atoms with E-state index in [0.717, 1.165) is 26.1 Å². The number of ether oxygens (including phenoxy) is 1. The number of imide groups is 1. The highest BCUT2D eigenvalue weighted by molar-refractivity contribution is 6.05. The average Bonchev–Trinajstić information content (AvgIpc) is 2.58. The highest BCUT2D eigenvalue weighted by Crippen LogP contribution is 2.20. The topological polar surface area (TPSA) is 58.6 Å². The van der Waals surface area contributed by atoms with Crippen molar-refractivity contribution in [3.63, 3.8) is 0 Å². The van der Waals surface area contributed by atoms with E-state index in [1.54, 1.807) is 7.05 Å². The number of hydrogen-bond acceptors (Lipinski definition) is 4. The lowest BCUT2D eigenvalue weighted by Crippen LogP contribution is -2.46. The van der Waals surface area contributed by atoms with Crippen LogP contribution in [0.2, 0.25) is 0 Å². The number of nitrogens with one attached hydrogen (secondary N) is 1. The quantitative estimate of drug-likeness (QED) is 0.713. The molecule has 0 aliphatic carbocycles. The van der Waals surface area contributed by atoms with Crippen LogP contribution in [0.5, 0.6) is 0 Å². The molecule has 0 saturated carbocycles. The Morgan fingerprint density at radius 2 is 2.00 bits per heavy atom. The summed E-state index contributed by atoms with van der Waals surface area (Å²) in [5.74, 6) is 0.346. The summed E-state index contributed by atoms with van der Waals surface area (Å²) in [7, 11) is 1.55. The molecule has 2 amide bonds. The van der Waals surface area contributed by atoms with E-state index in [0.29, 0.717) is 12.3 Å². The van der Waals surface area contributed by atoms with Gasteiger partial charge < -0.3 is 10.1 Å². The van der Waals surface area contributed by atoms with Crippen LogP contribution in [-0.4, -0.2) is 49.1 Å².